The Morgan fingerprint density at radius 1 is 1.48 bits per heavy atom. The van der Waals surface area contributed by atoms with Crippen LogP contribution in [-0.4, -0.2) is 22.2 Å². The van der Waals surface area contributed by atoms with Crippen molar-refractivity contribution in [2.75, 3.05) is 5.32 Å². The predicted octanol–water partition coefficient (Wildman–Crippen LogP) is 3.23. The molecule has 0 bridgehead atoms. The molecule has 21 heavy (non-hydrogen) atoms. The van der Waals surface area contributed by atoms with E-state index in [1.807, 2.05) is 0 Å². The topological polar surface area (TPSA) is 67.0 Å². The number of nitrogens with zero attached hydrogens (tertiary/aromatic N) is 1. The number of anilines is 1. The highest BCUT2D eigenvalue weighted by Crippen LogP contribution is 2.26. The molecule has 0 saturated carbocycles. The molecule has 1 aromatic heterocycles. The van der Waals surface area contributed by atoms with E-state index in [-0.39, 0.29) is 16.7 Å². The Balaban J connectivity index is 2.06. The number of hydrogen-bond donors (Lipinski definition) is 2. The lowest BCUT2D eigenvalue weighted by Crippen LogP contribution is -2.30. The van der Waals surface area contributed by atoms with Crippen molar-refractivity contribution in [3.8, 4) is 5.75 Å². The van der Waals surface area contributed by atoms with Crippen molar-refractivity contribution in [1.29, 1.82) is 0 Å². The Bertz CT molecular complexity index is 653. The SMILES string of the molecule is Cc1n[nH]c(C)c1NC(=O)C(C)Oc1ccc(F)cc1Cl. The second-order valence-corrected chi connectivity index (χ2v) is 5.04. The number of aromatic nitrogens is 2. The largest absolute Gasteiger partial charge is 0.479 e. The van der Waals surface area contributed by atoms with Gasteiger partial charge in [0.15, 0.2) is 6.10 Å². The number of rotatable bonds is 4. The zero-order valence-corrected chi connectivity index (χ0v) is 12.6. The van der Waals surface area contributed by atoms with Gasteiger partial charge in [0, 0.05) is 0 Å². The second-order valence-electron chi connectivity index (χ2n) is 4.63. The summed E-state index contributed by atoms with van der Waals surface area (Å²) in [7, 11) is 0. The van der Waals surface area contributed by atoms with E-state index in [1.165, 1.54) is 12.1 Å². The van der Waals surface area contributed by atoms with Gasteiger partial charge < -0.3 is 10.1 Å². The van der Waals surface area contributed by atoms with E-state index in [4.69, 9.17) is 16.3 Å². The summed E-state index contributed by atoms with van der Waals surface area (Å²) in [5, 5.41) is 9.62. The molecule has 0 spiro atoms. The lowest BCUT2D eigenvalue weighted by atomic mass is 10.3. The molecule has 2 rings (SSSR count). The summed E-state index contributed by atoms with van der Waals surface area (Å²) < 4.78 is 18.4. The highest BCUT2D eigenvalue weighted by Gasteiger charge is 2.19. The van der Waals surface area contributed by atoms with Crippen LogP contribution in [0.25, 0.3) is 0 Å². The lowest BCUT2D eigenvalue weighted by molar-refractivity contribution is -0.122. The first-order valence-corrected chi connectivity index (χ1v) is 6.70. The molecule has 5 nitrogen and oxygen atoms in total. The molecule has 0 saturated heterocycles. The van der Waals surface area contributed by atoms with Crippen LogP contribution in [0, 0.1) is 19.7 Å². The monoisotopic (exact) mass is 311 g/mol. The summed E-state index contributed by atoms with van der Waals surface area (Å²) in [6.45, 7) is 5.17. The Labute approximate surface area is 126 Å². The van der Waals surface area contributed by atoms with Crippen LogP contribution < -0.4 is 10.1 Å². The summed E-state index contributed by atoms with van der Waals surface area (Å²) >= 11 is 5.86. The highest BCUT2D eigenvalue weighted by molar-refractivity contribution is 6.32. The van der Waals surface area contributed by atoms with Crippen LogP contribution in [0.15, 0.2) is 18.2 Å². The van der Waals surface area contributed by atoms with E-state index < -0.39 is 11.9 Å². The third-order valence-electron chi connectivity index (χ3n) is 2.94. The summed E-state index contributed by atoms with van der Waals surface area (Å²) in [5.41, 5.74) is 2.07. The second kappa shape index (κ2) is 6.13. The Morgan fingerprint density at radius 3 is 2.76 bits per heavy atom. The van der Waals surface area contributed by atoms with Crippen LogP contribution in [0.1, 0.15) is 18.3 Å². The minimum Gasteiger partial charge on any atom is -0.479 e. The van der Waals surface area contributed by atoms with E-state index >= 15 is 0 Å². The maximum atomic E-state index is 13.0. The molecule has 0 aliphatic rings. The molecule has 0 aliphatic carbocycles. The first-order valence-electron chi connectivity index (χ1n) is 6.32. The molecule has 1 amide bonds. The number of hydrogen-bond acceptors (Lipinski definition) is 3. The number of aromatic amines is 1. The van der Waals surface area contributed by atoms with Gasteiger partial charge in [-0.25, -0.2) is 4.39 Å². The standard InChI is InChI=1S/C14H15ClFN3O2/c1-7-13(8(2)19-18-7)17-14(20)9(3)21-12-5-4-10(16)6-11(12)15/h4-6,9H,1-3H3,(H,17,20)(H,18,19). The van der Waals surface area contributed by atoms with E-state index in [2.05, 4.69) is 15.5 Å². The molecule has 1 aromatic carbocycles. The first-order chi connectivity index (χ1) is 9.88. The number of aryl methyl sites for hydroxylation is 2. The number of ether oxygens (including phenoxy) is 1. The van der Waals surface area contributed by atoms with Crippen LogP contribution in [0.3, 0.4) is 0 Å². The van der Waals surface area contributed by atoms with Crippen LogP contribution in [-0.2, 0) is 4.79 Å². The number of carbonyl (C=O) groups excluding carboxylic acids is 1. The summed E-state index contributed by atoms with van der Waals surface area (Å²) in [6, 6.07) is 3.73. The van der Waals surface area contributed by atoms with Gasteiger partial charge in [-0.3, -0.25) is 9.89 Å². The van der Waals surface area contributed by atoms with Crippen LogP contribution in [0.2, 0.25) is 5.02 Å². The van der Waals surface area contributed by atoms with Crippen LogP contribution >= 0.6 is 11.6 Å². The fourth-order valence-corrected chi connectivity index (χ4v) is 1.99. The van der Waals surface area contributed by atoms with Crippen molar-refractivity contribution in [2.45, 2.75) is 26.9 Å². The third-order valence-corrected chi connectivity index (χ3v) is 3.24. The molecule has 0 radical (unpaired) electrons. The number of nitrogens with one attached hydrogen (secondary N) is 2. The van der Waals surface area contributed by atoms with Gasteiger partial charge in [-0.1, -0.05) is 11.6 Å². The minimum absolute atomic E-state index is 0.116. The molecule has 1 unspecified atom stereocenters. The number of amides is 1. The maximum absolute atomic E-state index is 13.0. The maximum Gasteiger partial charge on any atom is 0.265 e. The van der Waals surface area contributed by atoms with E-state index in [0.29, 0.717) is 11.4 Å². The summed E-state index contributed by atoms with van der Waals surface area (Å²) in [5.74, 6) is -0.557. The van der Waals surface area contributed by atoms with Crippen LogP contribution in [0.5, 0.6) is 5.75 Å². The zero-order valence-electron chi connectivity index (χ0n) is 11.8. The van der Waals surface area contributed by atoms with E-state index in [0.717, 1.165) is 11.8 Å². The van der Waals surface area contributed by atoms with Crippen molar-refractivity contribution in [3.63, 3.8) is 0 Å². The number of halogens is 2. The number of carbonyl (C=O) groups is 1. The first kappa shape index (κ1) is 15.3. The molecule has 1 atom stereocenters. The fourth-order valence-electron chi connectivity index (χ4n) is 1.77. The minimum atomic E-state index is -0.790. The normalized spacial score (nSPS) is 12.0. The average Bonchev–Trinajstić information content (AvgIpc) is 2.73. The fraction of sp³-hybridized carbons (Fsp3) is 0.286. The van der Waals surface area contributed by atoms with Gasteiger partial charge in [0.05, 0.1) is 22.1 Å². The lowest BCUT2D eigenvalue weighted by Gasteiger charge is -2.15. The van der Waals surface area contributed by atoms with Gasteiger partial charge in [0.25, 0.3) is 5.91 Å². The Kier molecular flexibility index (Phi) is 4.47. The van der Waals surface area contributed by atoms with Crippen molar-refractivity contribution < 1.29 is 13.9 Å². The summed E-state index contributed by atoms with van der Waals surface area (Å²) in [6.07, 6.45) is -0.790. The highest BCUT2D eigenvalue weighted by atomic mass is 35.5. The molecule has 2 aromatic rings. The molecule has 0 fully saturated rings. The smallest absolute Gasteiger partial charge is 0.265 e. The molecule has 2 N–H and O–H groups in total. The summed E-state index contributed by atoms with van der Waals surface area (Å²) in [4.78, 5) is 12.1. The van der Waals surface area contributed by atoms with Gasteiger partial charge >= 0.3 is 0 Å². The number of H-pyrrole nitrogens is 1. The molecule has 7 heteroatoms. The third kappa shape index (κ3) is 3.52. The Morgan fingerprint density at radius 2 is 2.19 bits per heavy atom. The molecular formula is C14H15ClFN3O2. The molecule has 1 heterocycles. The van der Waals surface area contributed by atoms with Gasteiger partial charge in [-0.15, -0.1) is 0 Å². The van der Waals surface area contributed by atoms with Crippen molar-refractivity contribution >= 4 is 23.2 Å². The van der Waals surface area contributed by atoms with E-state index in [1.54, 1.807) is 20.8 Å². The van der Waals surface area contributed by atoms with E-state index in [9.17, 15) is 9.18 Å². The van der Waals surface area contributed by atoms with Crippen molar-refractivity contribution in [3.05, 3.63) is 40.4 Å². The quantitative estimate of drug-likeness (QED) is 0.911. The van der Waals surface area contributed by atoms with Crippen molar-refractivity contribution in [2.24, 2.45) is 0 Å². The molecule has 0 aliphatic heterocycles. The van der Waals surface area contributed by atoms with Gasteiger partial charge in [0.2, 0.25) is 0 Å². The molecular weight excluding hydrogens is 297 g/mol. The van der Waals surface area contributed by atoms with Gasteiger partial charge in [-0.05, 0) is 39.0 Å². The van der Waals surface area contributed by atoms with Gasteiger partial charge in [0.1, 0.15) is 11.6 Å². The molecule has 112 valence electrons. The number of benzene rings is 1. The zero-order chi connectivity index (χ0) is 15.6. The predicted molar refractivity (Wildman–Crippen MR) is 78.2 cm³/mol. The van der Waals surface area contributed by atoms with Gasteiger partial charge in [-0.2, -0.15) is 5.10 Å². The average molecular weight is 312 g/mol. The Hall–Kier alpha value is -2.08. The van der Waals surface area contributed by atoms with Crippen LogP contribution in [0.4, 0.5) is 10.1 Å². The van der Waals surface area contributed by atoms with Crippen molar-refractivity contribution in [1.82, 2.24) is 10.2 Å².